The zero-order chi connectivity index (χ0) is 21.3. The van der Waals surface area contributed by atoms with Gasteiger partial charge in [0, 0.05) is 36.1 Å². The lowest BCUT2D eigenvalue weighted by molar-refractivity contribution is -0.121. The van der Waals surface area contributed by atoms with Crippen LogP contribution in [0.5, 0.6) is 5.75 Å². The number of ether oxygens (including phenoxy) is 1. The topological polar surface area (TPSA) is 111 Å². The average molecular weight is 409 g/mol. The normalized spacial score (nSPS) is 16.6. The van der Waals surface area contributed by atoms with Crippen LogP contribution in [0.2, 0.25) is 0 Å². The van der Waals surface area contributed by atoms with Crippen LogP contribution >= 0.6 is 0 Å². The lowest BCUT2D eigenvalue weighted by atomic mass is 10.0. The van der Waals surface area contributed by atoms with Gasteiger partial charge in [0.15, 0.2) is 0 Å². The van der Waals surface area contributed by atoms with Crippen LogP contribution in [0.25, 0.3) is 5.78 Å². The quantitative estimate of drug-likeness (QED) is 0.659. The molecule has 30 heavy (non-hydrogen) atoms. The molecule has 9 heteroatoms. The van der Waals surface area contributed by atoms with Crippen molar-refractivity contribution in [2.45, 2.75) is 39.2 Å². The van der Waals surface area contributed by atoms with E-state index in [0.29, 0.717) is 5.78 Å². The molecule has 0 aliphatic carbocycles. The number of rotatable bonds is 5. The lowest BCUT2D eigenvalue weighted by Crippen LogP contribution is -2.48. The van der Waals surface area contributed by atoms with Gasteiger partial charge in [-0.15, -0.1) is 5.10 Å². The van der Waals surface area contributed by atoms with E-state index in [1.165, 1.54) is 0 Å². The summed E-state index contributed by atoms with van der Waals surface area (Å²) >= 11 is 0. The molecule has 3 heterocycles. The maximum absolute atomic E-state index is 12.8. The highest BCUT2D eigenvalue weighted by atomic mass is 16.5. The molecule has 2 aromatic heterocycles. The Balaban J connectivity index is 1.46. The van der Waals surface area contributed by atoms with Crippen LogP contribution in [0.4, 0.5) is 11.6 Å². The number of benzene rings is 1. The van der Waals surface area contributed by atoms with Gasteiger partial charge in [-0.25, -0.2) is 4.98 Å². The van der Waals surface area contributed by atoms with Gasteiger partial charge in [-0.3, -0.25) is 4.79 Å². The van der Waals surface area contributed by atoms with Crippen molar-refractivity contribution < 1.29 is 9.53 Å². The van der Waals surface area contributed by atoms with Gasteiger partial charge in [0.05, 0.1) is 19.2 Å². The number of nitrogens with zero attached hydrogens (tertiary/aromatic N) is 5. The number of nitrogen functional groups attached to an aromatic ring is 1. The smallest absolute Gasteiger partial charge is 0.254 e. The number of para-hydroxylation sites is 2. The molecular weight excluding hydrogens is 382 g/mol. The first-order valence-corrected chi connectivity index (χ1v) is 10.1. The molecule has 1 aliphatic rings. The molecule has 0 saturated carbocycles. The van der Waals surface area contributed by atoms with Crippen LogP contribution in [-0.4, -0.2) is 51.7 Å². The largest absolute Gasteiger partial charge is 0.495 e. The average Bonchev–Trinajstić information content (AvgIpc) is 3.11. The Labute approximate surface area is 175 Å². The van der Waals surface area contributed by atoms with Crippen molar-refractivity contribution in [2.24, 2.45) is 0 Å². The predicted octanol–water partition coefficient (Wildman–Crippen LogP) is 1.66. The Morgan fingerprint density at radius 1 is 1.30 bits per heavy atom. The predicted molar refractivity (Wildman–Crippen MR) is 115 cm³/mol. The Bertz CT molecular complexity index is 1080. The van der Waals surface area contributed by atoms with Crippen molar-refractivity contribution in [3.63, 3.8) is 0 Å². The minimum atomic E-state index is -0.0256. The molecule has 1 fully saturated rings. The van der Waals surface area contributed by atoms with Gasteiger partial charge in [-0.2, -0.15) is 9.50 Å². The highest BCUT2D eigenvalue weighted by Crippen LogP contribution is 2.30. The van der Waals surface area contributed by atoms with Crippen LogP contribution in [0.3, 0.4) is 0 Å². The number of aromatic nitrogens is 4. The molecule has 0 bridgehead atoms. The van der Waals surface area contributed by atoms with Crippen molar-refractivity contribution in [1.29, 1.82) is 0 Å². The molecule has 1 unspecified atom stereocenters. The summed E-state index contributed by atoms with van der Waals surface area (Å²) in [5.74, 6) is 1.45. The first-order valence-electron chi connectivity index (χ1n) is 10.1. The van der Waals surface area contributed by atoms with E-state index in [-0.39, 0.29) is 24.3 Å². The van der Waals surface area contributed by atoms with E-state index in [1.807, 2.05) is 32.0 Å². The summed E-state index contributed by atoms with van der Waals surface area (Å²) in [5, 5.41) is 7.36. The Morgan fingerprint density at radius 2 is 2.10 bits per heavy atom. The zero-order valence-electron chi connectivity index (χ0n) is 17.6. The van der Waals surface area contributed by atoms with Gasteiger partial charge in [0.1, 0.15) is 5.75 Å². The molecule has 0 radical (unpaired) electrons. The molecule has 3 aromatic rings. The molecule has 3 N–H and O–H groups in total. The van der Waals surface area contributed by atoms with Crippen molar-refractivity contribution in [2.75, 3.05) is 30.8 Å². The van der Waals surface area contributed by atoms with E-state index >= 15 is 0 Å². The van der Waals surface area contributed by atoms with E-state index in [2.05, 4.69) is 31.3 Å². The van der Waals surface area contributed by atoms with Crippen molar-refractivity contribution in [3.05, 3.63) is 41.2 Å². The van der Waals surface area contributed by atoms with Crippen LogP contribution < -0.4 is 20.7 Å². The second kappa shape index (κ2) is 8.17. The third-order valence-corrected chi connectivity index (χ3v) is 5.62. The minimum Gasteiger partial charge on any atom is -0.495 e. The molecule has 1 aliphatic heterocycles. The number of carbonyl (C=O) groups excluding carboxylic acids is 1. The fraction of sp³-hybridized carbons (Fsp3) is 0.429. The molecule has 1 amide bonds. The van der Waals surface area contributed by atoms with Gasteiger partial charge >= 0.3 is 0 Å². The van der Waals surface area contributed by atoms with Crippen molar-refractivity contribution in [1.82, 2.24) is 24.9 Å². The Morgan fingerprint density at radius 3 is 2.90 bits per heavy atom. The number of nitrogens with one attached hydrogen (secondary N) is 1. The van der Waals surface area contributed by atoms with Crippen molar-refractivity contribution >= 4 is 23.3 Å². The number of piperidine rings is 1. The molecule has 1 saturated heterocycles. The van der Waals surface area contributed by atoms with Gasteiger partial charge in [-0.05, 0) is 38.8 Å². The third-order valence-electron chi connectivity index (χ3n) is 5.62. The number of hydrogen-bond acceptors (Lipinski definition) is 7. The number of methoxy groups -OCH3 is 1. The number of anilines is 2. The van der Waals surface area contributed by atoms with Gasteiger partial charge in [0.2, 0.25) is 11.9 Å². The fourth-order valence-corrected chi connectivity index (χ4v) is 4.12. The first-order chi connectivity index (χ1) is 14.5. The highest BCUT2D eigenvalue weighted by Gasteiger charge is 2.24. The molecular formula is C21H27N7O2. The van der Waals surface area contributed by atoms with Crippen LogP contribution in [-0.2, 0) is 11.2 Å². The van der Waals surface area contributed by atoms with E-state index in [0.717, 1.165) is 54.3 Å². The number of fused-ring (bicyclic) bond motifs is 1. The Kier molecular flexibility index (Phi) is 5.43. The molecule has 158 valence electrons. The lowest BCUT2D eigenvalue weighted by Gasteiger charge is -2.35. The van der Waals surface area contributed by atoms with Gasteiger partial charge in [-0.1, -0.05) is 12.1 Å². The minimum absolute atomic E-state index is 0.0256. The molecule has 1 aromatic carbocycles. The number of hydrogen-bond donors (Lipinski definition) is 2. The fourth-order valence-electron chi connectivity index (χ4n) is 4.12. The number of nitrogens with two attached hydrogens (primary N) is 1. The maximum Gasteiger partial charge on any atom is 0.254 e. The third kappa shape index (κ3) is 3.87. The SMILES string of the molecule is COc1ccccc1N1CCCC(NC(=O)Cc2c(C)nc3nc(N)nn3c2C)C1. The number of carbonyl (C=O) groups is 1. The number of aryl methyl sites for hydroxylation is 2. The second-order valence-electron chi connectivity index (χ2n) is 7.64. The highest BCUT2D eigenvalue weighted by molar-refractivity contribution is 5.79. The molecule has 9 nitrogen and oxygen atoms in total. The van der Waals surface area contributed by atoms with Gasteiger partial charge < -0.3 is 20.7 Å². The molecule has 4 rings (SSSR count). The summed E-state index contributed by atoms with van der Waals surface area (Å²) in [5.41, 5.74) is 9.19. The molecule has 0 spiro atoms. The zero-order valence-corrected chi connectivity index (χ0v) is 17.6. The summed E-state index contributed by atoms with van der Waals surface area (Å²) in [4.78, 5) is 23.7. The van der Waals surface area contributed by atoms with E-state index in [4.69, 9.17) is 10.5 Å². The Hall–Kier alpha value is -3.36. The first kappa shape index (κ1) is 19.9. The summed E-state index contributed by atoms with van der Waals surface area (Å²) in [7, 11) is 1.68. The summed E-state index contributed by atoms with van der Waals surface area (Å²) in [6, 6.07) is 8.06. The molecule has 1 atom stereocenters. The standard InChI is InChI=1S/C21H27N7O2/c1-13-16(14(2)28-21(23-13)25-20(22)26-28)11-19(29)24-15-7-6-10-27(12-15)17-8-4-5-9-18(17)30-3/h4-5,8-9,15H,6-7,10-12H2,1-3H3,(H2,22,26)(H,24,29). The van der Waals surface area contributed by atoms with Crippen LogP contribution in [0.15, 0.2) is 24.3 Å². The maximum atomic E-state index is 12.8. The number of amides is 1. The van der Waals surface area contributed by atoms with E-state index < -0.39 is 0 Å². The summed E-state index contributed by atoms with van der Waals surface area (Å²) in [6.07, 6.45) is 2.20. The van der Waals surface area contributed by atoms with E-state index in [1.54, 1.807) is 11.6 Å². The van der Waals surface area contributed by atoms with Gasteiger partial charge in [0.25, 0.3) is 5.78 Å². The van der Waals surface area contributed by atoms with E-state index in [9.17, 15) is 4.79 Å². The summed E-state index contributed by atoms with van der Waals surface area (Å²) < 4.78 is 7.09. The summed E-state index contributed by atoms with van der Waals surface area (Å²) in [6.45, 7) is 5.48. The van der Waals surface area contributed by atoms with Crippen molar-refractivity contribution in [3.8, 4) is 5.75 Å². The second-order valence-corrected chi connectivity index (χ2v) is 7.64. The van der Waals surface area contributed by atoms with Crippen LogP contribution in [0.1, 0.15) is 29.8 Å². The van der Waals surface area contributed by atoms with Crippen LogP contribution in [0, 0.1) is 13.8 Å². The monoisotopic (exact) mass is 409 g/mol.